The van der Waals surface area contributed by atoms with Gasteiger partial charge in [-0.1, -0.05) is 66.7 Å². The number of aliphatic hydroxyl groups is 1. The molecule has 0 saturated heterocycles. The van der Waals surface area contributed by atoms with Crippen molar-refractivity contribution >= 4 is 10.0 Å². The van der Waals surface area contributed by atoms with E-state index >= 15 is 0 Å². The van der Waals surface area contributed by atoms with Crippen molar-refractivity contribution in [1.29, 1.82) is 0 Å². The van der Waals surface area contributed by atoms with E-state index in [9.17, 15) is 13.5 Å². The normalized spacial score (nSPS) is 17.4. The molecule has 0 saturated carbocycles. The molecule has 138 valence electrons. The van der Waals surface area contributed by atoms with Gasteiger partial charge in [0.05, 0.1) is 17.5 Å². The lowest BCUT2D eigenvalue weighted by Crippen LogP contribution is -2.46. The first-order valence-corrected chi connectivity index (χ1v) is 10.4. The van der Waals surface area contributed by atoms with Crippen LogP contribution in [0.25, 0.3) is 11.1 Å². The quantitative estimate of drug-likeness (QED) is 0.755. The fourth-order valence-corrected chi connectivity index (χ4v) is 5.18. The number of rotatable bonds is 4. The van der Waals surface area contributed by atoms with E-state index in [4.69, 9.17) is 0 Å². The minimum atomic E-state index is -3.69. The molecule has 5 heteroatoms. The number of nitrogens with zero attached hydrogens (tertiary/aromatic N) is 1. The predicted molar refractivity (Wildman–Crippen MR) is 106 cm³/mol. The van der Waals surface area contributed by atoms with E-state index in [0.29, 0.717) is 6.42 Å². The summed E-state index contributed by atoms with van der Waals surface area (Å²) in [4.78, 5) is 0.250. The van der Waals surface area contributed by atoms with Gasteiger partial charge in [0, 0.05) is 6.54 Å². The van der Waals surface area contributed by atoms with Crippen molar-refractivity contribution in [2.75, 3.05) is 6.61 Å². The number of benzene rings is 3. The standard InChI is InChI=1S/C22H21NO3S/c24-16-21-14-19-8-4-5-9-20(19)15-23(21)27(25,26)22-12-10-18(11-13-22)17-6-2-1-3-7-17/h1-13,21,24H,14-16H2/t21-/m1/s1. The van der Waals surface area contributed by atoms with Gasteiger partial charge in [-0.2, -0.15) is 4.31 Å². The van der Waals surface area contributed by atoms with Crippen LogP contribution in [-0.2, 0) is 23.0 Å². The highest BCUT2D eigenvalue weighted by molar-refractivity contribution is 7.89. The molecule has 4 rings (SSSR count). The Bertz CT molecular complexity index is 1030. The van der Waals surface area contributed by atoms with Crippen LogP contribution in [0.5, 0.6) is 0 Å². The molecule has 0 spiro atoms. The zero-order valence-corrected chi connectivity index (χ0v) is 15.6. The minimum Gasteiger partial charge on any atom is -0.395 e. The van der Waals surface area contributed by atoms with Gasteiger partial charge in [-0.05, 0) is 40.8 Å². The first kappa shape index (κ1) is 17.9. The second-order valence-electron chi connectivity index (χ2n) is 6.75. The summed E-state index contributed by atoms with van der Waals surface area (Å²) in [6.45, 7) is 0.0832. The van der Waals surface area contributed by atoms with Crippen LogP contribution in [0.1, 0.15) is 11.1 Å². The van der Waals surface area contributed by atoms with Crippen LogP contribution in [0.2, 0.25) is 0 Å². The summed E-state index contributed by atoms with van der Waals surface area (Å²) >= 11 is 0. The average Bonchev–Trinajstić information content (AvgIpc) is 2.73. The SMILES string of the molecule is O=S(=O)(c1ccc(-c2ccccc2)cc1)N1Cc2ccccc2C[C@@H]1CO. The molecule has 0 aliphatic carbocycles. The topological polar surface area (TPSA) is 57.6 Å². The Balaban J connectivity index is 1.66. The van der Waals surface area contributed by atoms with E-state index in [1.807, 2.05) is 66.7 Å². The lowest BCUT2D eigenvalue weighted by atomic mass is 9.96. The zero-order chi connectivity index (χ0) is 18.9. The lowest BCUT2D eigenvalue weighted by molar-refractivity contribution is 0.173. The summed E-state index contributed by atoms with van der Waals surface area (Å²) in [6, 6.07) is 24.2. The molecule has 3 aromatic rings. The van der Waals surface area contributed by atoms with E-state index < -0.39 is 16.1 Å². The number of hydrogen-bond donors (Lipinski definition) is 1. The number of hydrogen-bond acceptors (Lipinski definition) is 3. The number of sulfonamides is 1. The summed E-state index contributed by atoms with van der Waals surface area (Å²) in [7, 11) is -3.69. The molecule has 1 aliphatic rings. The maximum atomic E-state index is 13.2. The second kappa shape index (κ2) is 7.27. The van der Waals surface area contributed by atoms with Crippen molar-refractivity contribution < 1.29 is 13.5 Å². The highest BCUT2D eigenvalue weighted by atomic mass is 32.2. The fourth-order valence-electron chi connectivity index (χ4n) is 3.59. The molecule has 4 nitrogen and oxygen atoms in total. The molecular weight excluding hydrogens is 358 g/mol. The molecule has 1 heterocycles. The molecule has 1 N–H and O–H groups in total. The Morgan fingerprint density at radius 1 is 0.815 bits per heavy atom. The molecule has 0 radical (unpaired) electrons. The van der Waals surface area contributed by atoms with Crippen LogP contribution in [0.3, 0.4) is 0 Å². The van der Waals surface area contributed by atoms with Gasteiger partial charge in [0.1, 0.15) is 0 Å². The van der Waals surface area contributed by atoms with Crippen molar-refractivity contribution in [3.63, 3.8) is 0 Å². The van der Waals surface area contributed by atoms with Gasteiger partial charge in [-0.15, -0.1) is 0 Å². The lowest BCUT2D eigenvalue weighted by Gasteiger charge is -2.35. The van der Waals surface area contributed by atoms with Crippen molar-refractivity contribution in [2.24, 2.45) is 0 Å². The predicted octanol–water partition coefficient (Wildman–Crippen LogP) is 3.46. The number of fused-ring (bicyclic) bond motifs is 1. The van der Waals surface area contributed by atoms with Gasteiger partial charge >= 0.3 is 0 Å². The van der Waals surface area contributed by atoms with Crippen molar-refractivity contribution in [2.45, 2.75) is 23.9 Å². The third kappa shape index (κ3) is 3.41. The molecule has 0 amide bonds. The molecule has 0 fully saturated rings. The van der Waals surface area contributed by atoms with E-state index in [1.54, 1.807) is 12.1 Å². The molecule has 0 unspecified atom stereocenters. The van der Waals surface area contributed by atoms with Crippen LogP contribution in [0.15, 0.2) is 83.8 Å². The molecule has 27 heavy (non-hydrogen) atoms. The Kier molecular flexibility index (Phi) is 4.83. The van der Waals surface area contributed by atoms with Crippen LogP contribution >= 0.6 is 0 Å². The highest BCUT2D eigenvalue weighted by Crippen LogP contribution is 2.30. The number of aliphatic hydroxyl groups excluding tert-OH is 1. The fraction of sp³-hybridized carbons (Fsp3) is 0.182. The average molecular weight is 379 g/mol. The van der Waals surface area contributed by atoms with Gasteiger partial charge in [0.25, 0.3) is 0 Å². The summed E-state index contributed by atoms with van der Waals surface area (Å²) in [6.07, 6.45) is 0.522. The van der Waals surface area contributed by atoms with E-state index in [2.05, 4.69) is 0 Å². The van der Waals surface area contributed by atoms with E-state index in [0.717, 1.165) is 22.3 Å². The molecule has 0 bridgehead atoms. The van der Waals surface area contributed by atoms with Crippen LogP contribution in [0, 0.1) is 0 Å². The van der Waals surface area contributed by atoms with Gasteiger partial charge in [-0.3, -0.25) is 0 Å². The maximum Gasteiger partial charge on any atom is 0.243 e. The summed E-state index contributed by atoms with van der Waals surface area (Å²) in [5, 5.41) is 9.78. The first-order valence-electron chi connectivity index (χ1n) is 8.94. The Morgan fingerprint density at radius 3 is 2.07 bits per heavy atom. The van der Waals surface area contributed by atoms with Crippen molar-refractivity contribution in [1.82, 2.24) is 4.31 Å². The van der Waals surface area contributed by atoms with Gasteiger partial charge in [0.2, 0.25) is 10.0 Å². The summed E-state index contributed by atoms with van der Waals surface area (Å²) in [5.74, 6) is 0. The molecule has 3 aromatic carbocycles. The summed E-state index contributed by atoms with van der Waals surface area (Å²) in [5.41, 5.74) is 4.10. The Hall–Kier alpha value is -2.47. The first-order chi connectivity index (χ1) is 13.1. The Morgan fingerprint density at radius 2 is 1.41 bits per heavy atom. The molecule has 1 aliphatic heterocycles. The molecular formula is C22H21NO3S. The van der Waals surface area contributed by atoms with Crippen LogP contribution in [0.4, 0.5) is 0 Å². The van der Waals surface area contributed by atoms with Crippen LogP contribution < -0.4 is 0 Å². The minimum absolute atomic E-state index is 0.199. The monoisotopic (exact) mass is 379 g/mol. The highest BCUT2D eigenvalue weighted by Gasteiger charge is 2.35. The van der Waals surface area contributed by atoms with E-state index in [1.165, 1.54) is 4.31 Å². The zero-order valence-electron chi connectivity index (χ0n) is 14.8. The third-order valence-corrected chi connectivity index (χ3v) is 7.00. The van der Waals surface area contributed by atoms with Crippen molar-refractivity contribution in [3.8, 4) is 11.1 Å². The smallest absolute Gasteiger partial charge is 0.243 e. The maximum absolute atomic E-state index is 13.2. The van der Waals surface area contributed by atoms with Gasteiger partial charge < -0.3 is 5.11 Å². The molecule has 1 atom stereocenters. The van der Waals surface area contributed by atoms with Gasteiger partial charge in [0.15, 0.2) is 0 Å². The van der Waals surface area contributed by atoms with Gasteiger partial charge in [-0.25, -0.2) is 8.42 Å². The van der Waals surface area contributed by atoms with E-state index in [-0.39, 0.29) is 18.0 Å². The second-order valence-corrected chi connectivity index (χ2v) is 8.64. The van der Waals surface area contributed by atoms with Crippen molar-refractivity contribution in [3.05, 3.63) is 90.0 Å². The summed E-state index contributed by atoms with van der Waals surface area (Å²) < 4.78 is 27.9. The largest absolute Gasteiger partial charge is 0.395 e. The van der Waals surface area contributed by atoms with Crippen LogP contribution in [-0.4, -0.2) is 30.5 Å². The molecule has 0 aromatic heterocycles. The third-order valence-electron chi connectivity index (χ3n) is 5.09. The Labute approximate surface area is 159 Å².